The first-order valence-corrected chi connectivity index (χ1v) is 6.71. The topological polar surface area (TPSA) is 95.0 Å². The van der Waals surface area contributed by atoms with Gasteiger partial charge in [-0.05, 0) is 18.2 Å². The van der Waals surface area contributed by atoms with Gasteiger partial charge in [-0.3, -0.25) is 0 Å². The molecule has 1 saturated heterocycles. The van der Waals surface area contributed by atoms with E-state index in [-0.39, 0.29) is 5.69 Å². The largest absolute Gasteiger partial charge is 0.396 e. The zero-order chi connectivity index (χ0) is 14.7. The number of piperazine rings is 1. The molecule has 2 aromatic rings. The fourth-order valence-corrected chi connectivity index (χ4v) is 2.32. The Morgan fingerprint density at radius 2 is 1.71 bits per heavy atom. The lowest BCUT2D eigenvalue weighted by Gasteiger charge is -2.35. The molecule has 2 N–H and O–H groups in total. The van der Waals surface area contributed by atoms with Crippen molar-refractivity contribution in [2.45, 2.75) is 0 Å². The van der Waals surface area contributed by atoms with E-state index in [1.165, 1.54) is 0 Å². The van der Waals surface area contributed by atoms with Crippen molar-refractivity contribution < 1.29 is 0 Å². The van der Waals surface area contributed by atoms with Crippen LogP contribution in [0.4, 0.5) is 17.5 Å². The minimum Gasteiger partial charge on any atom is -0.396 e. The van der Waals surface area contributed by atoms with Gasteiger partial charge >= 0.3 is 0 Å². The van der Waals surface area contributed by atoms with Crippen molar-refractivity contribution >= 4 is 17.5 Å². The molecule has 3 heterocycles. The second kappa shape index (κ2) is 5.63. The van der Waals surface area contributed by atoms with Crippen LogP contribution < -0.4 is 15.5 Å². The van der Waals surface area contributed by atoms with Crippen molar-refractivity contribution in [1.29, 1.82) is 5.26 Å². The van der Waals surface area contributed by atoms with E-state index in [2.05, 4.69) is 24.8 Å². The molecule has 3 rings (SSSR count). The van der Waals surface area contributed by atoms with Crippen LogP contribution in [-0.4, -0.2) is 41.1 Å². The Labute approximate surface area is 122 Å². The molecular weight excluding hydrogens is 266 g/mol. The van der Waals surface area contributed by atoms with Crippen molar-refractivity contribution in [3.05, 3.63) is 36.3 Å². The maximum atomic E-state index is 9.00. The molecular formula is C14H15N7. The average Bonchev–Trinajstić information content (AvgIpc) is 2.56. The summed E-state index contributed by atoms with van der Waals surface area (Å²) in [4.78, 5) is 17.1. The standard InChI is InChI=1S/C14H15N7/c15-10-12-11(16)2-3-13(19-12)20-6-8-21(9-7-20)14-17-4-1-5-18-14/h1-5H,6-9,16H2. The molecule has 0 unspecified atom stereocenters. The summed E-state index contributed by atoms with van der Waals surface area (Å²) >= 11 is 0. The van der Waals surface area contributed by atoms with Gasteiger partial charge in [-0.1, -0.05) is 0 Å². The second-order valence-electron chi connectivity index (χ2n) is 4.74. The van der Waals surface area contributed by atoms with Crippen LogP contribution in [0.15, 0.2) is 30.6 Å². The Morgan fingerprint density at radius 1 is 1.05 bits per heavy atom. The van der Waals surface area contributed by atoms with Gasteiger partial charge in [0, 0.05) is 38.6 Å². The zero-order valence-corrected chi connectivity index (χ0v) is 11.5. The van der Waals surface area contributed by atoms with Crippen LogP contribution in [-0.2, 0) is 0 Å². The summed E-state index contributed by atoms with van der Waals surface area (Å²) in [6, 6.07) is 7.40. The summed E-state index contributed by atoms with van der Waals surface area (Å²) in [6.07, 6.45) is 3.49. The van der Waals surface area contributed by atoms with E-state index in [0.717, 1.165) is 37.9 Å². The molecule has 0 amide bonds. The number of hydrogen-bond donors (Lipinski definition) is 1. The number of hydrogen-bond acceptors (Lipinski definition) is 7. The number of anilines is 3. The third-order valence-corrected chi connectivity index (χ3v) is 3.46. The summed E-state index contributed by atoms with van der Waals surface area (Å²) in [6.45, 7) is 3.25. The Hall–Kier alpha value is -2.88. The van der Waals surface area contributed by atoms with Gasteiger partial charge < -0.3 is 15.5 Å². The molecule has 0 bridgehead atoms. The summed E-state index contributed by atoms with van der Waals surface area (Å²) in [5.41, 5.74) is 6.39. The maximum absolute atomic E-state index is 9.00. The fourth-order valence-electron chi connectivity index (χ4n) is 2.32. The summed E-state index contributed by atoms with van der Waals surface area (Å²) in [5.74, 6) is 1.54. The van der Waals surface area contributed by atoms with Gasteiger partial charge in [0.15, 0.2) is 5.69 Å². The highest BCUT2D eigenvalue weighted by Crippen LogP contribution is 2.19. The number of nitriles is 1. The fraction of sp³-hybridized carbons (Fsp3) is 0.286. The molecule has 106 valence electrons. The van der Waals surface area contributed by atoms with E-state index in [1.54, 1.807) is 18.5 Å². The molecule has 0 aliphatic carbocycles. The van der Waals surface area contributed by atoms with Crippen molar-refractivity contribution in [2.24, 2.45) is 0 Å². The number of pyridine rings is 1. The molecule has 1 aliphatic heterocycles. The highest BCUT2D eigenvalue weighted by molar-refractivity contribution is 5.56. The lowest BCUT2D eigenvalue weighted by atomic mass is 10.2. The predicted molar refractivity (Wildman–Crippen MR) is 79.8 cm³/mol. The number of nitrogen functional groups attached to an aromatic ring is 1. The molecule has 0 radical (unpaired) electrons. The quantitative estimate of drug-likeness (QED) is 0.863. The van der Waals surface area contributed by atoms with Crippen LogP contribution in [0.3, 0.4) is 0 Å². The zero-order valence-electron chi connectivity index (χ0n) is 11.5. The minimum absolute atomic E-state index is 0.279. The van der Waals surface area contributed by atoms with Crippen LogP contribution in [0.1, 0.15) is 5.69 Å². The highest BCUT2D eigenvalue weighted by atomic mass is 15.3. The first-order chi connectivity index (χ1) is 10.3. The Balaban J connectivity index is 1.70. The number of aromatic nitrogens is 3. The Kier molecular flexibility index (Phi) is 3.51. The molecule has 1 fully saturated rings. The lowest BCUT2D eigenvalue weighted by molar-refractivity contribution is 0.634. The smallest absolute Gasteiger partial charge is 0.225 e. The predicted octanol–water partition coefficient (Wildman–Crippen LogP) is 0.652. The molecule has 0 saturated carbocycles. The van der Waals surface area contributed by atoms with Crippen LogP contribution in [0, 0.1) is 11.3 Å². The molecule has 7 heteroatoms. The van der Waals surface area contributed by atoms with Crippen molar-refractivity contribution in [2.75, 3.05) is 41.7 Å². The highest BCUT2D eigenvalue weighted by Gasteiger charge is 2.20. The van der Waals surface area contributed by atoms with E-state index in [9.17, 15) is 0 Å². The van der Waals surface area contributed by atoms with Gasteiger partial charge in [0.2, 0.25) is 5.95 Å². The summed E-state index contributed by atoms with van der Waals surface area (Å²) < 4.78 is 0. The molecule has 1 aliphatic rings. The molecule has 0 aromatic carbocycles. The van der Waals surface area contributed by atoms with Gasteiger partial charge in [-0.2, -0.15) is 5.26 Å². The van der Waals surface area contributed by atoms with Crippen LogP contribution in [0.25, 0.3) is 0 Å². The van der Waals surface area contributed by atoms with Crippen molar-refractivity contribution in [3.63, 3.8) is 0 Å². The maximum Gasteiger partial charge on any atom is 0.225 e. The third kappa shape index (κ3) is 2.69. The first-order valence-electron chi connectivity index (χ1n) is 6.71. The molecule has 2 aromatic heterocycles. The van der Waals surface area contributed by atoms with Gasteiger partial charge in [0.1, 0.15) is 11.9 Å². The summed E-state index contributed by atoms with van der Waals surface area (Å²) in [7, 11) is 0. The van der Waals surface area contributed by atoms with E-state index in [4.69, 9.17) is 11.0 Å². The molecule has 0 atom stereocenters. The number of nitrogens with two attached hydrogens (primary N) is 1. The van der Waals surface area contributed by atoms with Crippen LogP contribution >= 0.6 is 0 Å². The average molecular weight is 281 g/mol. The van der Waals surface area contributed by atoms with E-state index < -0.39 is 0 Å². The third-order valence-electron chi connectivity index (χ3n) is 3.46. The SMILES string of the molecule is N#Cc1nc(N2CCN(c3ncccn3)CC2)ccc1N. The lowest BCUT2D eigenvalue weighted by Crippen LogP contribution is -2.47. The summed E-state index contributed by atoms with van der Waals surface area (Å²) in [5, 5.41) is 9.00. The molecule has 7 nitrogen and oxygen atoms in total. The number of nitrogens with zero attached hydrogens (tertiary/aromatic N) is 6. The Bertz CT molecular complexity index is 657. The molecule has 0 spiro atoms. The monoisotopic (exact) mass is 281 g/mol. The van der Waals surface area contributed by atoms with Crippen molar-refractivity contribution in [1.82, 2.24) is 15.0 Å². The van der Waals surface area contributed by atoms with E-state index >= 15 is 0 Å². The van der Waals surface area contributed by atoms with Crippen LogP contribution in [0.5, 0.6) is 0 Å². The normalized spacial score (nSPS) is 14.8. The van der Waals surface area contributed by atoms with Gasteiger partial charge in [-0.25, -0.2) is 15.0 Å². The number of rotatable bonds is 2. The molecule has 21 heavy (non-hydrogen) atoms. The second-order valence-corrected chi connectivity index (χ2v) is 4.74. The first kappa shape index (κ1) is 13.1. The van der Waals surface area contributed by atoms with Gasteiger partial charge in [-0.15, -0.1) is 0 Å². The Morgan fingerprint density at radius 3 is 2.38 bits per heavy atom. The van der Waals surface area contributed by atoms with E-state index in [0.29, 0.717) is 5.69 Å². The van der Waals surface area contributed by atoms with Gasteiger partial charge in [0.25, 0.3) is 0 Å². The van der Waals surface area contributed by atoms with Crippen LogP contribution in [0.2, 0.25) is 0 Å². The van der Waals surface area contributed by atoms with Crippen molar-refractivity contribution in [3.8, 4) is 6.07 Å². The minimum atomic E-state index is 0.279. The van der Waals surface area contributed by atoms with Gasteiger partial charge in [0.05, 0.1) is 5.69 Å². The van der Waals surface area contributed by atoms with E-state index in [1.807, 2.05) is 18.2 Å².